The van der Waals surface area contributed by atoms with E-state index in [1.54, 1.807) is 24.5 Å². The molecule has 0 saturated heterocycles. The molecule has 2 aromatic heterocycles. The molecule has 0 aliphatic heterocycles. The summed E-state index contributed by atoms with van der Waals surface area (Å²) in [5.74, 6) is 1.06. The van der Waals surface area contributed by atoms with Crippen LogP contribution >= 0.6 is 0 Å². The van der Waals surface area contributed by atoms with Gasteiger partial charge in [-0.3, -0.25) is 0 Å². The minimum absolute atomic E-state index is 0.237. The van der Waals surface area contributed by atoms with Crippen molar-refractivity contribution in [2.45, 2.75) is 26.3 Å². The summed E-state index contributed by atoms with van der Waals surface area (Å²) in [6.45, 7) is 4.72. The molecule has 3 rings (SSSR count). The molecular weight excluding hydrogens is 268 g/mol. The Labute approximate surface area is 121 Å². The average Bonchev–Trinajstić information content (AvgIpc) is 3.06. The number of hydrogen-bond acceptors (Lipinski definition) is 3. The number of carboxylic acids is 1. The average molecular weight is 284 g/mol. The predicted octanol–water partition coefficient (Wildman–Crippen LogP) is 3.50. The lowest BCUT2D eigenvalue weighted by Crippen LogP contribution is -2.06. The molecule has 5 nitrogen and oxygen atoms in total. The Morgan fingerprint density at radius 2 is 2.19 bits per heavy atom. The highest BCUT2D eigenvalue weighted by molar-refractivity contribution is 5.92. The summed E-state index contributed by atoms with van der Waals surface area (Å²) in [7, 11) is 0. The maximum atomic E-state index is 11.1. The molecule has 0 radical (unpaired) electrons. The molecular formula is C16H16N2O3. The van der Waals surface area contributed by atoms with E-state index in [1.807, 2.05) is 12.1 Å². The van der Waals surface area contributed by atoms with Crippen LogP contribution in [0.2, 0.25) is 0 Å². The van der Waals surface area contributed by atoms with Crippen LogP contribution in [0, 0.1) is 0 Å². The number of nitrogens with zero attached hydrogens (tertiary/aromatic N) is 2. The lowest BCUT2D eigenvalue weighted by molar-refractivity contribution is 0.0697. The van der Waals surface area contributed by atoms with E-state index >= 15 is 0 Å². The van der Waals surface area contributed by atoms with Gasteiger partial charge in [-0.2, -0.15) is 0 Å². The summed E-state index contributed by atoms with van der Waals surface area (Å²) in [5, 5.41) is 9.09. The zero-order valence-electron chi connectivity index (χ0n) is 11.9. The van der Waals surface area contributed by atoms with Crippen molar-refractivity contribution < 1.29 is 14.3 Å². The monoisotopic (exact) mass is 284 g/mol. The Morgan fingerprint density at radius 1 is 1.38 bits per heavy atom. The predicted molar refractivity (Wildman–Crippen MR) is 78.6 cm³/mol. The number of imidazole rings is 1. The van der Waals surface area contributed by atoms with Gasteiger partial charge in [0.2, 0.25) is 0 Å². The summed E-state index contributed by atoms with van der Waals surface area (Å²) in [5.41, 5.74) is 1.87. The van der Waals surface area contributed by atoms with E-state index in [4.69, 9.17) is 9.52 Å². The maximum Gasteiger partial charge on any atom is 0.335 e. The highest BCUT2D eigenvalue weighted by Gasteiger charge is 2.16. The fraction of sp³-hybridized carbons (Fsp3) is 0.250. The topological polar surface area (TPSA) is 68.3 Å². The molecule has 0 fully saturated rings. The van der Waals surface area contributed by atoms with Gasteiger partial charge in [0.05, 0.1) is 29.4 Å². The van der Waals surface area contributed by atoms with Crippen molar-refractivity contribution in [3.05, 3.63) is 53.7 Å². The lowest BCUT2D eigenvalue weighted by atomic mass is 10.2. The quantitative estimate of drug-likeness (QED) is 0.796. The molecule has 108 valence electrons. The first-order valence-electron chi connectivity index (χ1n) is 6.82. The zero-order valence-corrected chi connectivity index (χ0v) is 11.9. The zero-order chi connectivity index (χ0) is 15.0. The van der Waals surface area contributed by atoms with Gasteiger partial charge < -0.3 is 14.1 Å². The number of furan rings is 1. The lowest BCUT2D eigenvalue weighted by Gasteiger charge is -2.09. The van der Waals surface area contributed by atoms with Crippen molar-refractivity contribution in [2.75, 3.05) is 0 Å². The second-order valence-corrected chi connectivity index (χ2v) is 5.30. The largest absolute Gasteiger partial charge is 0.478 e. The van der Waals surface area contributed by atoms with Crippen molar-refractivity contribution in [1.82, 2.24) is 9.55 Å². The summed E-state index contributed by atoms with van der Waals surface area (Å²) in [6.07, 6.45) is 1.64. The Bertz CT molecular complexity index is 785. The molecule has 0 spiro atoms. The van der Waals surface area contributed by atoms with Gasteiger partial charge in [-0.05, 0) is 30.3 Å². The number of benzene rings is 1. The van der Waals surface area contributed by atoms with Gasteiger partial charge in [0.15, 0.2) is 0 Å². The first kappa shape index (κ1) is 13.4. The van der Waals surface area contributed by atoms with E-state index in [9.17, 15) is 4.79 Å². The third-order valence-electron chi connectivity index (χ3n) is 3.44. The maximum absolute atomic E-state index is 11.1. The molecule has 1 N–H and O–H groups in total. The number of carboxylic acid groups (broad SMARTS) is 1. The van der Waals surface area contributed by atoms with Crippen molar-refractivity contribution in [3.8, 4) is 0 Å². The van der Waals surface area contributed by atoms with E-state index in [2.05, 4.69) is 23.4 Å². The molecule has 1 aromatic carbocycles. The van der Waals surface area contributed by atoms with Crippen LogP contribution in [0.1, 0.15) is 41.7 Å². The molecule has 0 saturated carbocycles. The normalized spacial score (nSPS) is 11.4. The second kappa shape index (κ2) is 5.09. The van der Waals surface area contributed by atoms with Gasteiger partial charge in [0, 0.05) is 5.92 Å². The molecule has 0 amide bonds. The number of aromatic carboxylic acids is 1. The van der Waals surface area contributed by atoms with E-state index in [1.165, 1.54) is 0 Å². The fourth-order valence-electron chi connectivity index (χ4n) is 2.45. The van der Waals surface area contributed by atoms with E-state index in [-0.39, 0.29) is 11.5 Å². The summed E-state index contributed by atoms with van der Waals surface area (Å²) in [6, 6.07) is 8.80. The van der Waals surface area contributed by atoms with Gasteiger partial charge in [-0.25, -0.2) is 9.78 Å². The molecule has 0 atom stereocenters. The fourth-order valence-corrected chi connectivity index (χ4v) is 2.45. The molecule has 0 aliphatic carbocycles. The van der Waals surface area contributed by atoms with Crippen LogP contribution in [0.3, 0.4) is 0 Å². The number of rotatable bonds is 4. The number of aromatic nitrogens is 2. The van der Waals surface area contributed by atoms with Crippen LogP contribution in [0.25, 0.3) is 11.0 Å². The molecule has 21 heavy (non-hydrogen) atoms. The van der Waals surface area contributed by atoms with Crippen molar-refractivity contribution in [2.24, 2.45) is 0 Å². The van der Waals surface area contributed by atoms with Crippen LogP contribution in [0.4, 0.5) is 0 Å². The Morgan fingerprint density at radius 3 is 2.81 bits per heavy atom. The van der Waals surface area contributed by atoms with Gasteiger partial charge >= 0.3 is 5.97 Å². The molecule has 5 heteroatoms. The SMILES string of the molecule is CC(C)c1nc2cc(C(=O)O)ccc2n1Cc1ccco1. The number of carbonyl (C=O) groups is 1. The van der Waals surface area contributed by atoms with Crippen LogP contribution < -0.4 is 0 Å². The van der Waals surface area contributed by atoms with E-state index in [0.29, 0.717) is 12.1 Å². The van der Waals surface area contributed by atoms with Crippen molar-refractivity contribution in [3.63, 3.8) is 0 Å². The Balaban J connectivity index is 2.15. The van der Waals surface area contributed by atoms with Crippen molar-refractivity contribution >= 4 is 17.0 Å². The number of fused-ring (bicyclic) bond motifs is 1. The highest BCUT2D eigenvalue weighted by atomic mass is 16.4. The van der Waals surface area contributed by atoms with E-state index in [0.717, 1.165) is 17.1 Å². The van der Waals surface area contributed by atoms with Gasteiger partial charge in [-0.15, -0.1) is 0 Å². The molecule has 2 heterocycles. The van der Waals surface area contributed by atoms with Crippen LogP contribution in [0.15, 0.2) is 41.0 Å². The first-order valence-corrected chi connectivity index (χ1v) is 6.82. The standard InChI is InChI=1S/C16H16N2O3/c1-10(2)15-17-13-8-11(16(19)20)5-6-14(13)18(15)9-12-4-3-7-21-12/h3-8,10H,9H2,1-2H3,(H,19,20). The minimum atomic E-state index is -0.941. The van der Waals surface area contributed by atoms with Crippen molar-refractivity contribution in [1.29, 1.82) is 0 Å². The second-order valence-electron chi connectivity index (χ2n) is 5.30. The first-order chi connectivity index (χ1) is 10.1. The van der Waals surface area contributed by atoms with Gasteiger partial charge in [-0.1, -0.05) is 13.8 Å². The Kier molecular flexibility index (Phi) is 3.25. The number of hydrogen-bond donors (Lipinski definition) is 1. The molecule has 3 aromatic rings. The molecule has 0 aliphatic rings. The molecule has 0 bridgehead atoms. The van der Waals surface area contributed by atoms with Crippen LogP contribution in [-0.4, -0.2) is 20.6 Å². The summed E-state index contributed by atoms with van der Waals surface area (Å²) < 4.78 is 7.48. The Hall–Kier alpha value is -2.56. The third-order valence-corrected chi connectivity index (χ3v) is 3.44. The highest BCUT2D eigenvalue weighted by Crippen LogP contribution is 2.24. The van der Waals surface area contributed by atoms with E-state index < -0.39 is 5.97 Å². The van der Waals surface area contributed by atoms with Crippen LogP contribution in [-0.2, 0) is 6.54 Å². The minimum Gasteiger partial charge on any atom is -0.478 e. The van der Waals surface area contributed by atoms with Crippen LogP contribution in [0.5, 0.6) is 0 Å². The third kappa shape index (κ3) is 2.42. The summed E-state index contributed by atoms with van der Waals surface area (Å²) >= 11 is 0. The molecule has 0 unspecified atom stereocenters. The van der Waals surface area contributed by atoms with Gasteiger partial charge in [0.25, 0.3) is 0 Å². The smallest absolute Gasteiger partial charge is 0.335 e. The van der Waals surface area contributed by atoms with Gasteiger partial charge in [0.1, 0.15) is 11.6 Å². The summed E-state index contributed by atoms with van der Waals surface area (Å²) in [4.78, 5) is 15.7.